The zero-order chi connectivity index (χ0) is 17.8. The number of hydrogen-bond donors (Lipinski definition) is 0. The Morgan fingerprint density at radius 2 is 1.69 bits per heavy atom. The fourth-order valence-corrected chi connectivity index (χ4v) is 3.66. The van der Waals surface area contributed by atoms with Crippen molar-refractivity contribution in [1.29, 1.82) is 0 Å². The molecule has 0 bridgehead atoms. The summed E-state index contributed by atoms with van der Waals surface area (Å²) in [4.78, 5) is 14.8. The summed E-state index contributed by atoms with van der Waals surface area (Å²) in [7, 11) is 0. The van der Waals surface area contributed by atoms with Gasteiger partial charge in [-0.15, -0.1) is 0 Å². The van der Waals surface area contributed by atoms with Crippen molar-refractivity contribution in [3.63, 3.8) is 0 Å². The molecule has 1 aromatic heterocycles. The molecule has 132 valence electrons. The summed E-state index contributed by atoms with van der Waals surface area (Å²) >= 11 is 0. The molecular formula is C22H23N3O. The van der Waals surface area contributed by atoms with Crippen LogP contribution < -0.4 is 0 Å². The molecule has 4 heteroatoms. The summed E-state index contributed by atoms with van der Waals surface area (Å²) in [6, 6.07) is 20.5. The predicted molar refractivity (Wildman–Crippen MR) is 102 cm³/mol. The Morgan fingerprint density at radius 3 is 2.35 bits per heavy atom. The van der Waals surface area contributed by atoms with Crippen LogP contribution in [-0.2, 0) is 6.54 Å². The molecule has 4 nitrogen and oxygen atoms in total. The number of carbonyl (C=O) groups is 1. The Balaban J connectivity index is 1.36. The summed E-state index contributed by atoms with van der Waals surface area (Å²) in [6.07, 6.45) is 5.78. The number of piperidine rings is 1. The second-order valence-corrected chi connectivity index (χ2v) is 6.88. The van der Waals surface area contributed by atoms with E-state index in [1.807, 2.05) is 46.1 Å². The molecule has 2 heterocycles. The van der Waals surface area contributed by atoms with Gasteiger partial charge in [0.05, 0.1) is 6.54 Å². The minimum atomic E-state index is 0.141. The SMILES string of the molecule is O=C(c1ccc(Cn2cccn2)cc1)N1CCC(c2ccccc2)CC1. The van der Waals surface area contributed by atoms with Crippen LogP contribution in [0, 0.1) is 0 Å². The largest absolute Gasteiger partial charge is 0.339 e. The molecule has 2 aromatic carbocycles. The van der Waals surface area contributed by atoms with E-state index in [0.29, 0.717) is 5.92 Å². The number of hydrogen-bond acceptors (Lipinski definition) is 2. The molecule has 1 amide bonds. The first-order valence-electron chi connectivity index (χ1n) is 9.20. The van der Waals surface area contributed by atoms with Crippen LogP contribution in [0.1, 0.15) is 40.2 Å². The lowest BCUT2D eigenvalue weighted by Gasteiger charge is -2.32. The number of benzene rings is 2. The number of carbonyl (C=O) groups excluding carboxylic acids is 1. The van der Waals surface area contributed by atoms with Crippen LogP contribution in [0.15, 0.2) is 73.1 Å². The van der Waals surface area contributed by atoms with E-state index in [0.717, 1.165) is 43.6 Å². The average Bonchev–Trinajstić information content (AvgIpc) is 3.22. The molecule has 1 saturated heterocycles. The number of aromatic nitrogens is 2. The number of likely N-dealkylation sites (tertiary alicyclic amines) is 1. The van der Waals surface area contributed by atoms with Crippen LogP contribution in [0.25, 0.3) is 0 Å². The van der Waals surface area contributed by atoms with Gasteiger partial charge in [0.15, 0.2) is 0 Å². The van der Waals surface area contributed by atoms with Gasteiger partial charge in [0.1, 0.15) is 0 Å². The van der Waals surface area contributed by atoms with Crippen LogP contribution in [-0.4, -0.2) is 33.7 Å². The average molecular weight is 345 g/mol. The molecule has 0 N–H and O–H groups in total. The van der Waals surface area contributed by atoms with E-state index in [4.69, 9.17) is 0 Å². The van der Waals surface area contributed by atoms with Gasteiger partial charge in [0.25, 0.3) is 5.91 Å². The monoisotopic (exact) mass is 345 g/mol. The normalized spacial score (nSPS) is 15.2. The lowest BCUT2D eigenvalue weighted by Crippen LogP contribution is -2.37. The van der Waals surface area contributed by atoms with Gasteiger partial charge >= 0.3 is 0 Å². The predicted octanol–water partition coefficient (Wildman–Crippen LogP) is 3.95. The Bertz CT molecular complexity index is 833. The van der Waals surface area contributed by atoms with Gasteiger partial charge in [0, 0.05) is 31.0 Å². The zero-order valence-corrected chi connectivity index (χ0v) is 14.8. The van der Waals surface area contributed by atoms with Gasteiger partial charge in [0.2, 0.25) is 0 Å². The van der Waals surface area contributed by atoms with E-state index in [1.165, 1.54) is 5.56 Å². The van der Waals surface area contributed by atoms with Crippen molar-refractivity contribution in [2.45, 2.75) is 25.3 Å². The summed E-state index contributed by atoms with van der Waals surface area (Å²) < 4.78 is 1.88. The number of amides is 1. The van der Waals surface area contributed by atoms with Gasteiger partial charge < -0.3 is 4.90 Å². The van der Waals surface area contributed by atoms with Gasteiger partial charge in [-0.25, -0.2) is 0 Å². The third-order valence-corrected chi connectivity index (χ3v) is 5.16. The third-order valence-electron chi connectivity index (χ3n) is 5.16. The first kappa shape index (κ1) is 16.6. The smallest absolute Gasteiger partial charge is 0.253 e. The van der Waals surface area contributed by atoms with E-state index in [1.54, 1.807) is 6.20 Å². The molecule has 0 spiro atoms. The van der Waals surface area contributed by atoms with Crippen molar-refractivity contribution in [1.82, 2.24) is 14.7 Å². The first-order chi connectivity index (χ1) is 12.8. The van der Waals surface area contributed by atoms with Gasteiger partial charge in [-0.1, -0.05) is 42.5 Å². The highest BCUT2D eigenvalue weighted by Gasteiger charge is 2.24. The zero-order valence-electron chi connectivity index (χ0n) is 14.8. The standard InChI is InChI=1S/C22H23N3O/c26-22(21-9-7-18(8-10-21)17-25-14-4-13-23-25)24-15-11-20(12-16-24)19-5-2-1-3-6-19/h1-10,13-14,20H,11-12,15-17H2. The lowest BCUT2D eigenvalue weighted by atomic mass is 9.89. The first-order valence-corrected chi connectivity index (χ1v) is 9.20. The van der Waals surface area contributed by atoms with Crippen molar-refractivity contribution in [2.75, 3.05) is 13.1 Å². The van der Waals surface area contributed by atoms with Crippen LogP contribution in [0.5, 0.6) is 0 Å². The summed E-state index contributed by atoms with van der Waals surface area (Å²) in [5.74, 6) is 0.707. The third kappa shape index (κ3) is 3.69. The second kappa shape index (κ2) is 7.56. The van der Waals surface area contributed by atoms with Crippen LogP contribution in [0.3, 0.4) is 0 Å². The summed E-state index contributed by atoms with van der Waals surface area (Å²) in [5.41, 5.74) is 3.31. The molecule has 3 aromatic rings. The minimum absolute atomic E-state index is 0.141. The van der Waals surface area contributed by atoms with Gasteiger partial charge in [-0.2, -0.15) is 5.10 Å². The number of rotatable bonds is 4. The molecule has 0 saturated carbocycles. The fraction of sp³-hybridized carbons (Fsp3) is 0.273. The second-order valence-electron chi connectivity index (χ2n) is 6.88. The van der Waals surface area contributed by atoms with Crippen LogP contribution >= 0.6 is 0 Å². The maximum absolute atomic E-state index is 12.8. The Morgan fingerprint density at radius 1 is 0.962 bits per heavy atom. The van der Waals surface area contributed by atoms with Crippen molar-refractivity contribution < 1.29 is 4.79 Å². The van der Waals surface area contributed by atoms with Gasteiger partial charge in [-0.3, -0.25) is 9.48 Å². The van der Waals surface area contributed by atoms with Crippen LogP contribution in [0.2, 0.25) is 0 Å². The molecule has 0 atom stereocenters. The van der Waals surface area contributed by atoms with E-state index in [9.17, 15) is 4.79 Å². The number of nitrogens with zero attached hydrogens (tertiary/aromatic N) is 3. The minimum Gasteiger partial charge on any atom is -0.339 e. The van der Waals surface area contributed by atoms with E-state index in [2.05, 4.69) is 35.4 Å². The van der Waals surface area contributed by atoms with Gasteiger partial charge in [-0.05, 0) is 48.1 Å². The fourth-order valence-electron chi connectivity index (χ4n) is 3.66. The Kier molecular flexibility index (Phi) is 4.82. The maximum atomic E-state index is 12.8. The quantitative estimate of drug-likeness (QED) is 0.718. The molecule has 0 aliphatic carbocycles. The van der Waals surface area contributed by atoms with Crippen molar-refractivity contribution in [2.24, 2.45) is 0 Å². The molecule has 0 radical (unpaired) electrons. The molecule has 1 fully saturated rings. The molecule has 1 aliphatic rings. The molecule has 1 aliphatic heterocycles. The highest BCUT2D eigenvalue weighted by atomic mass is 16.2. The van der Waals surface area contributed by atoms with Crippen molar-refractivity contribution in [3.05, 3.63) is 89.7 Å². The topological polar surface area (TPSA) is 38.1 Å². The molecule has 26 heavy (non-hydrogen) atoms. The van der Waals surface area contributed by atoms with Crippen molar-refractivity contribution in [3.8, 4) is 0 Å². The Hall–Kier alpha value is -2.88. The van der Waals surface area contributed by atoms with E-state index >= 15 is 0 Å². The highest BCUT2D eigenvalue weighted by molar-refractivity contribution is 5.94. The maximum Gasteiger partial charge on any atom is 0.253 e. The molecule has 4 rings (SSSR count). The van der Waals surface area contributed by atoms with Crippen LogP contribution in [0.4, 0.5) is 0 Å². The van der Waals surface area contributed by atoms with E-state index < -0.39 is 0 Å². The lowest BCUT2D eigenvalue weighted by molar-refractivity contribution is 0.0713. The Labute approximate surface area is 154 Å². The van der Waals surface area contributed by atoms with Crippen molar-refractivity contribution >= 4 is 5.91 Å². The van der Waals surface area contributed by atoms with E-state index in [-0.39, 0.29) is 5.91 Å². The summed E-state index contributed by atoms with van der Waals surface area (Å²) in [6.45, 7) is 2.38. The summed E-state index contributed by atoms with van der Waals surface area (Å²) in [5, 5.41) is 4.22. The highest BCUT2D eigenvalue weighted by Crippen LogP contribution is 2.28. The molecule has 0 unspecified atom stereocenters. The molecular weight excluding hydrogens is 322 g/mol.